The van der Waals surface area contributed by atoms with Gasteiger partial charge in [-0.25, -0.2) is 0 Å². The molecular formula is C15H24N6O. The fraction of sp³-hybridized carbons (Fsp3) is 0.667. The molecule has 120 valence electrons. The summed E-state index contributed by atoms with van der Waals surface area (Å²) in [7, 11) is 4.10. The van der Waals surface area contributed by atoms with Gasteiger partial charge in [0.05, 0.1) is 18.8 Å². The second-order valence-corrected chi connectivity index (χ2v) is 6.02. The maximum Gasteiger partial charge on any atom is 0.146 e. The molecule has 7 heteroatoms. The van der Waals surface area contributed by atoms with Crippen LogP contribution in [0.25, 0.3) is 0 Å². The zero-order chi connectivity index (χ0) is 15.5. The van der Waals surface area contributed by atoms with Gasteiger partial charge in [-0.1, -0.05) is 0 Å². The fourth-order valence-electron chi connectivity index (χ4n) is 3.05. The van der Waals surface area contributed by atoms with E-state index in [1.54, 1.807) is 6.33 Å². The molecule has 7 nitrogen and oxygen atoms in total. The highest BCUT2D eigenvalue weighted by Gasteiger charge is 2.31. The van der Waals surface area contributed by atoms with Gasteiger partial charge in [-0.05, 0) is 20.4 Å². The summed E-state index contributed by atoms with van der Waals surface area (Å²) in [4.78, 5) is 2.29. The summed E-state index contributed by atoms with van der Waals surface area (Å²) >= 11 is 0. The third-order valence-corrected chi connectivity index (χ3v) is 4.28. The van der Waals surface area contributed by atoms with Crippen molar-refractivity contribution in [1.82, 2.24) is 29.4 Å². The quantitative estimate of drug-likeness (QED) is 0.803. The smallest absolute Gasteiger partial charge is 0.146 e. The predicted octanol–water partition coefficient (Wildman–Crippen LogP) is 1.24. The van der Waals surface area contributed by atoms with Crippen molar-refractivity contribution in [2.45, 2.75) is 32.5 Å². The highest BCUT2D eigenvalue weighted by Crippen LogP contribution is 2.34. The van der Waals surface area contributed by atoms with Crippen LogP contribution in [0.4, 0.5) is 0 Å². The monoisotopic (exact) mass is 304 g/mol. The van der Waals surface area contributed by atoms with Gasteiger partial charge in [0.15, 0.2) is 0 Å². The lowest BCUT2D eigenvalue weighted by atomic mass is 9.97. The molecule has 1 aliphatic heterocycles. The molecule has 3 heterocycles. The second kappa shape index (κ2) is 6.58. The first-order chi connectivity index (χ1) is 10.7. The first kappa shape index (κ1) is 15.2. The Kier molecular flexibility index (Phi) is 4.54. The molecule has 2 atom stereocenters. The summed E-state index contributed by atoms with van der Waals surface area (Å²) in [6, 6.07) is 0. The minimum atomic E-state index is 0.155. The third kappa shape index (κ3) is 3.20. The molecule has 0 amide bonds. The van der Waals surface area contributed by atoms with Crippen molar-refractivity contribution in [1.29, 1.82) is 0 Å². The standard InChI is InChI=1S/C15H24N6O/c1-4-21-9-13(7-17-21)15-12(5-6-22-15)8-19(2)10-14-18-16-11-20(14)3/h7,9,11-12,15H,4-6,8,10H2,1-3H3/t12-,15+/m1/s1. The second-order valence-electron chi connectivity index (χ2n) is 6.02. The summed E-state index contributed by atoms with van der Waals surface area (Å²) in [5, 5.41) is 12.4. The number of hydrogen-bond donors (Lipinski definition) is 0. The van der Waals surface area contributed by atoms with E-state index in [-0.39, 0.29) is 6.10 Å². The van der Waals surface area contributed by atoms with Crippen LogP contribution in [0, 0.1) is 5.92 Å². The highest BCUT2D eigenvalue weighted by molar-refractivity contribution is 5.11. The Labute approximate surface area is 130 Å². The van der Waals surface area contributed by atoms with Crippen molar-refractivity contribution in [2.75, 3.05) is 20.2 Å². The molecule has 0 aromatic carbocycles. The largest absolute Gasteiger partial charge is 0.373 e. The van der Waals surface area contributed by atoms with Gasteiger partial charge in [0.2, 0.25) is 0 Å². The number of nitrogens with zero attached hydrogens (tertiary/aromatic N) is 6. The molecular weight excluding hydrogens is 280 g/mol. The van der Waals surface area contributed by atoms with Gasteiger partial charge < -0.3 is 9.30 Å². The van der Waals surface area contributed by atoms with Gasteiger partial charge >= 0.3 is 0 Å². The van der Waals surface area contributed by atoms with E-state index in [0.717, 1.165) is 38.5 Å². The van der Waals surface area contributed by atoms with Crippen molar-refractivity contribution in [3.8, 4) is 0 Å². The van der Waals surface area contributed by atoms with Crippen molar-refractivity contribution < 1.29 is 4.74 Å². The summed E-state index contributed by atoms with van der Waals surface area (Å²) in [5.41, 5.74) is 1.19. The average molecular weight is 304 g/mol. The van der Waals surface area contributed by atoms with Crippen molar-refractivity contribution in [3.05, 3.63) is 30.1 Å². The Morgan fingerprint density at radius 2 is 2.32 bits per heavy atom. The van der Waals surface area contributed by atoms with Crippen molar-refractivity contribution in [3.63, 3.8) is 0 Å². The predicted molar refractivity (Wildman–Crippen MR) is 82.0 cm³/mol. The van der Waals surface area contributed by atoms with Crippen LogP contribution in [-0.4, -0.2) is 49.6 Å². The SMILES string of the molecule is CCn1cc([C@H]2OCC[C@@H]2CN(C)Cc2nncn2C)cn1. The van der Waals surface area contributed by atoms with E-state index in [1.807, 2.05) is 22.5 Å². The van der Waals surface area contributed by atoms with Crippen molar-refractivity contribution in [2.24, 2.45) is 13.0 Å². The van der Waals surface area contributed by atoms with E-state index < -0.39 is 0 Å². The molecule has 1 fully saturated rings. The summed E-state index contributed by atoms with van der Waals surface area (Å²) in [6.07, 6.45) is 7.03. The van der Waals surface area contributed by atoms with E-state index >= 15 is 0 Å². The van der Waals surface area contributed by atoms with Gasteiger partial charge in [0.1, 0.15) is 12.2 Å². The summed E-state index contributed by atoms with van der Waals surface area (Å²) < 4.78 is 9.87. The van der Waals surface area contributed by atoms with Crippen LogP contribution in [0.15, 0.2) is 18.7 Å². The van der Waals surface area contributed by atoms with Crippen LogP contribution < -0.4 is 0 Å². The molecule has 3 rings (SSSR count). The van der Waals surface area contributed by atoms with E-state index in [9.17, 15) is 0 Å². The Bertz CT molecular complexity index is 607. The Morgan fingerprint density at radius 1 is 1.45 bits per heavy atom. The van der Waals surface area contributed by atoms with Crippen LogP contribution in [-0.2, 0) is 24.9 Å². The molecule has 0 aliphatic carbocycles. The fourth-order valence-corrected chi connectivity index (χ4v) is 3.05. The molecule has 2 aromatic rings. The normalized spacial score (nSPS) is 21.8. The van der Waals surface area contributed by atoms with Gasteiger partial charge in [0.25, 0.3) is 0 Å². The van der Waals surface area contributed by atoms with Gasteiger partial charge in [-0.2, -0.15) is 5.10 Å². The maximum absolute atomic E-state index is 5.96. The average Bonchev–Trinajstić information content (AvgIpc) is 3.20. The minimum Gasteiger partial charge on any atom is -0.373 e. The van der Waals surface area contributed by atoms with Crippen LogP contribution in [0.3, 0.4) is 0 Å². The maximum atomic E-state index is 5.96. The molecule has 0 radical (unpaired) electrons. The van der Waals surface area contributed by atoms with Gasteiger partial charge in [0, 0.05) is 44.4 Å². The van der Waals surface area contributed by atoms with Gasteiger partial charge in [-0.15, -0.1) is 10.2 Å². The first-order valence-corrected chi connectivity index (χ1v) is 7.82. The van der Waals surface area contributed by atoms with Crippen molar-refractivity contribution >= 4 is 0 Å². The Balaban J connectivity index is 1.62. The van der Waals surface area contributed by atoms with Crippen LogP contribution >= 0.6 is 0 Å². The molecule has 0 N–H and O–H groups in total. The summed E-state index contributed by atoms with van der Waals surface area (Å²) in [5.74, 6) is 1.48. The molecule has 1 saturated heterocycles. The zero-order valence-corrected chi connectivity index (χ0v) is 13.5. The number of hydrogen-bond acceptors (Lipinski definition) is 5. The third-order valence-electron chi connectivity index (χ3n) is 4.28. The molecule has 0 saturated carbocycles. The highest BCUT2D eigenvalue weighted by atomic mass is 16.5. The van der Waals surface area contributed by atoms with Crippen LogP contribution in [0.2, 0.25) is 0 Å². The number of ether oxygens (including phenoxy) is 1. The zero-order valence-electron chi connectivity index (χ0n) is 13.5. The van der Waals surface area contributed by atoms with E-state index in [4.69, 9.17) is 4.74 Å². The minimum absolute atomic E-state index is 0.155. The van der Waals surface area contributed by atoms with Crippen LogP contribution in [0.5, 0.6) is 0 Å². The lowest BCUT2D eigenvalue weighted by molar-refractivity contribution is 0.0801. The number of aromatic nitrogens is 5. The molecule has 22 heavy (non-hydrogen) atoms. The Morgan fingerprint density at radius 3 is 3.00 bits per heavy atom. The molecule has 0 bridgehead atoms. The lowest BCUT2D eigenvalue weighted by Crippen LogP contribution is -2.28. The van der Waals surface area contributed by atoms with E-state index in [1.165, 1.54) is 5.56 Å². The lowest BCUT2D eigenvalue weighted by Gasteiger charge is -2.23. The molecule has 1 aliphatic rings. The topological polar surface area (TPSA) is 61.0 Å². The molecule has 0 spiro atoms. The van der Waals surface area contributed by atoms with Crippen LogP contribution in [0.1, 0.15) is 30.8 Å². The summed E-state index contributed by atoms with van der Waals surface area (Å²) in [6.45, 7) is 5.59. The first-order valence-electron chi connectivity index (χ1n) is 7.82. The van der Waals surface area contributed by atoms with E-state index in [2.05, 4.69) is 40.4 Å². The number of rotatable bonds is 6. The Hall–Kier alpha value is -1.73. The molecule has 2 aromatic heterocycles. The number of aryl methyl sites for hydroxylation is 2. The van der Waals surface area contributed by atoms with Gasteiger partial charge in [-0.3, -0.25) is 9.58 Å². The molecule has 0 unspecified atom stereocenters. The van der Waals surface area contributed by atoms with E-state index in [0.29, 0.717) is 5.92 Å².